The molecule has 2 nitrogen and oxygen atoms in total. The minimum absolute atomic E-state index is 0.825. The van der Waals surface area contributed by atoms with Gasteiger partial charge in [0.15, 0.2) is 0 Å². The van der Waals surface area contributed by atoms with Crippen LogP contribution < -0.4 is 0 Å². The molecular formula is C10H12Br2N2S. The maximum atomic E-state index is 4.35. The van der Waals surface area contributed by atoms with Gasteiger partial charge < -0.3 is 0 Å². The van der Waals surface area contributed by atoms with Crippen molar-refractivity contribution in [3.05, 3.63) is 21.1 Å². The number of aromatic nitrogens is 2. The predicted molar refractivity (Wildman–Crippen MR) is 71.0 cm³/mol. The van der Waals surface area contributed by atoms with Gasteiger partial charge in [0.1, 0.15) is 15.0 Å². The lowest BCUT2D eigenvalue weighted by Crippen LogP contribution is -1.99. The van der Waals surface area contributed by atoms with Crippen molar-refractivity contribution in [1.29, 1.82) is 0 Å². The van der Waals surface area contributed by atoms with Crippen LogP contribution in [-0.2, 0) is 5.75 Å². The Hall–Kier alpha value is 0.390. The summed E-state index contributed by atoms with van der Waals surface area (Å²) < 4.78 is 1.71. The first-order valence-corrected chi connectivity index (χ1v) is 7.68. The maximum Gasteiger partial charge on any atom is 0.140 e. The lowest BCUT2D eigenvalue weighted by molar-refractivity contribution is 0.886. The van der Waals surface area contributed by atoms with Gasteiger partial charge in [-0.15, -0.1) is 0 Å². The number of rotatable bonds is 3. The quantitative estimate of drug-likeness (QED) is 0.764. The molecule has 1 heterocycles. The molecule has 0 aliphatic heterocycles. The van der Waals surface area contributed by atoms with Gasteiger partial charge in [-0.05, 0) is 44.7 Å². The molecule has 5 heteroatoms. The van der Waals surface area contributed by atoms with Gasteiger partial charge >= 0.3 is 0 Å². The highest BCUT2D eigenvalue weighted by molar-refractivity contribution is 9.11. The minimum Gasteiger partial charge on any atom is -0.225 e. The van der Waals surface area contributed by atoms with Crippen LogP contribution in [0.4, 0.5) is 0 Å². The Morgan fingerprint density at radius 1 is 1.20 bits per heavy atom. The molecule has 0 radical (unpaired) electrons. The summed E-state index contributed by atoms with van der Waals surface area (Å²) in [5.74, 6) is 1.83. The van der Waals surface area contributed by atoms with E-state index in [0.717, 1.165) is 26.0 Å². The van der Waals surface area contributed by atoms with E-state index in [-0.39, 0.29) is 0 Å². The molecule has 0 spiro atoms. The summed E-state index contributed by atoms with van der Waals surface area (Å²) in [7, 11) is 0. The second kappa shape index (κ2) is 5.64. The fraction of sp³-hybridized carbons (Fsp3) is 0.600. The van der Waals surface area contributed by atoms with E-state index >= 15 is 0 Å². The highest BCUT2D eigenvalue weighted by atomic mass is 79.9. The van der Waals surface area contributed by atoms with E-state index in [1.165, 1.54) is 25.7 Å². The van der Waals surface area contributed by atoms with Gasteiger partial charge in [-0.25, -0.2) is 9.97 Å². The zero-order valence-corrected chi connectivity index (χ0v) is 12.2. The average Bonchev–Trinajstić information content (AvgIpc) is 2.65. The molecular weight excluding hydrogens is 340 g/mol. The van der Waals surface area contributed by atoms with Crippen molar-refractivity contribution < 1.29 is 0 Å². The van der Waals surface area contributed by atoms with Crippen LogP contribution in [0.5, 0.6) is 0 Å². The third kappa shape index (κ3) is 3.71. The largest absolute Gasteiger partial charge is 0.225 e. The first-order valence-electron chi connectivity index (χ1n) is 5.04. The van der Waals surface area contributed by atoms with Crippen LogP contribution in [0, 0.1) is 0 Å². The van der Waals surface area contributed by atoms with E-state index < -0.39 is 0 Å². The summed E-state index contributed by atoms with van der Waals surface area (Å²) in [6, 6.07) is 1.86. The summed E-state index contributed by atoms with van der Waals surface area (Å²) in [5.41, 5.74) is 0. The molecule has 1 aromatic rings. The minimum atomic E-state index is 0.825. The third-order valence-corrected chi connectivity index (χ3v) is 4.64. The topological polar surface area (TPSA) is 25.8 Å². The number of hydrogen-bond donors (Lipinski definition) is 0. The molecule has 2 rings (SSSR count). The molecule has 0 bridgehead atoms. The zero-order chi connectivity index (χ0) is 10.7. The first-order chi connectivity index (χ1) is 7.24. The van der Waals surface area contributed by atoms with Crippen molar-refractivity contribution in [2.75, 3.05) is 0 Å². The molecule has 0 saturated heterocycles. The lowest BCUT2D eigenvalue weighted by Gasteiger charge is -2.07. The number of hydrogen-bond acceptors (Lipinski definition) is 3. The molecule has 0 atom stereocenters. The van der Waals surface area contributed by atoms with E-state index in [1.54, 1.807) is 0 Å². The van der Waals surface area contributed by atoms with Crippen LogP contribution in [0.3, 0.4) is 0 Å². The number of thioether (sulfide) groups is 1. The van der Waals surface area contributed by atoms with E-state index in [0.29, 0.717) is 0 Å². The lowest BCUT2D eigenvalue weighted by atomic mass is 10.4. The molecule has 0 aromatic carbocycles. The molecule has 0 N–H and O–H groups in total. The normalized spacial score (nSPS) is 17.2. The highest BCUT2D eigenvalue weighted by Crippen LogP contribution is 2.31. The molecule has 1 saturated carbocycles. The van der Waals surface area contributed by atoms with Crippen molar-refractivity contribution in [2.45, 2.75) is 36.7 Å². The van der Waals surface area contributed by atoms with Gasteiger partial charge in [-0.1, -0.05) is 12.8 Å². The van der Waals surface area contributed by atoms with Crippen LogP contribution in [-0.4, -0.2) is 15.2 Å². The predicted octanol–water partition coefficient (Wildman–Crippen LogP) is 4.18. The van der Waals surface area contributed by atoms with Gasteiger partial charge in [0.25, 0.3) is 0 Å². The summed E-state index contributed by atoms with van der Waals surface area (Å²) in [4.78, 5) is 8.70. The average molecular weight is 352 g/mol. The molecule has 0 amide bonds. The first kappa shape index (κ1) is 11.9. The second-order valence-electron chi connectivity index (χ2n) is 3.65. The zero-order valence-electron chi connectivity index (χ0n) is 8.25. The fourth-order valence-electron chi connectivity index (χ4n) is 1.75. The Bertz CT molecular complexity index is 320. The Kier molecular flexibility index (Phi) is 4.46. The number of nitrogens with zero attached hydrogens (tertiary/aromatic N) is 2. The summed E-state index contributed by atoms with van der Waals surface area (Å²) in [6.07, 6.45) is 5.50. The Labute approximate surface area is 111 Å². The molecule has 1 aliphatic rings. The van der Waals surface area contributed by atoms with Crippen LogP contribution in [0.15, 0.2) is 15.3 Å². The van der Waals surface area contributed by atoms with Crippen LogP contribution in [0.25, 0.3) is 0 Å². The van der Waals surface area contributed by atoms with E-state index in [1.807, 2.05) is 17.8 Å². The Morgan fingerprint density at radius 2 is 1.80 bits per heavy atom. The monoisotopic (exact) mass is 350 g/mol. The standard InChI is InChI=1S/C10H12Br2N2S/c11-8-5-9(12)14-10(13-8)6-15-7-3-1-2-4-7/h5,7H,1-4,6H2. The van der Waals surface area contributed by atoms with Gasteiger partial charge in [-0.2, -0.15) is 11.8 Å². The molecule has 15 heavy (non-hydrogen) atoms. The van der Waals surface area contributed by atoms with Gasteiger partial charge in [0.05, 0.1) is 5.75 Å². The van der Waals surface area contributed by atoms with Crippen LogP contribution >= 0.6 is 43.6 Å². The van der Waals surface area contributed by atoms with Crippen molar-refractivity contribution >= 4 is 43.6 Å². The summed E-state index contributed by atoms with van der Waals surface area (Å²) >= 11 is 8.74. The van der Waals surface area contributed by atoms with Gasteiger partial charge in [0.2, 0.25) is 0 Å². The Morgan fingerprint density at radius 3 is 2.40 bits per heavy atom. The van der Waals surface area contributed by atoms with Crippen molar-refractivity contribution in [3.8, 4) is 0 Å². The molecule has 82 valence electrons. The van der Waals surface area contributed by atoms with Gasteiger partial charge in [-0.3, -0.25) is 0 Å². The molecule has 1 aliphatic carbocycles. The molecule has 1 fully saturated rings. The second-order valence-corrected chi connectivity index (χ2v) is 6.56. The fourth-order valence-corrected chi connectivity index (χ4v) is 4.08. The van der Waals surface area contributed by atoms with Crippen molar-refractivity contribution in [3.63, 3.8) is 0 Å². The summed E-state index contributed by atoms with van der Waals surface area (Å²) in [5, 5.41) is 0.825. The van der Waals surface area contributed by atoms with Crippen molar-refractivity contribution in [2.24, 2.45) is 0 Å². The highest BCUT2D eigenvalue weighted by Gasteiger charge is 2.15. The SMILES string of the molecule is Brc1cc(Br)nc(CSC2CCCC2)n1. The third-order valence-electron chi connectivity index (χ3n) is 2.46. The van der Waals surface area contributed by atoms with Crippen molar-refractivity contribution in [1.82, 2.24) is 9.97 Å². The van der Waals surface area contributed by atoms with E-state index in [2.05, 4.69) is 41.8 Å². The maximum absolute atomic E-state index is 4.35. The van der Waals surface area contributed by atoms with Crippen LogP contribution in [0.2, 0.25) is 0 Å². The summed E-state index contributed by atoms with van der Waals surface area (Å²) in [6.45, 7) is 0. The smallest absolute Gasteiger partial charge is 0.140 e. The van der Waals surface area contributed by atoms with Gasteiger partial charge in [0, 0.05) is 11.3 Å². The van der Waals surface area contributed by atoms with E-state index in [4.69, 9.17) is 0 Å². The van der Waals surface area contributed by atoms with Crippen LogP contribution in [0.1, 0.15) is 31.5 Å². The molecule has 1 aromatic heterocycles. The Balaban J connectivity index is 1.92. The van der Waals surface area contributed by atoms with E-state index in [9.17, 15) is 0 Å². The number of halogens is 2. The molecule has 0 unspecified atom stereocenters.